The highest BCUT2D eigenvalue weighted by Crippen LogP contribution is 2.25. The Balaban J connectivity index is 2.24. The van der Waals surface area contributed by atoms with E-state index in [1.807, 2.05) is 18.2 Å². The van der Waals surface area contributed by atoms with Crippen molar-refractivity contribution in [2.24, 2.45) is 0 Å². The molecule has 0 saturated heterocycles. The van der Waals surface area contributed by atoms with Crippen molar-refractivity contribution in [3.05, 3.63) is 29.6 Å². The first-order valence-electron chi connectivity index (χ1n) is 6.26. The number of aromatic nitrogens is 2. The van der Waals surface area contributed by atoms with E-state index in [4.69, 9.17) is 4.74 Å². The normalized spacial score (nSPS) is 19.6. The molecule has 1 atom stereocenters. The van der Waals surface area contributed by atoms with Crippen molar-refractivity contribution >= 4 is 16.8 Å². The van der Waals surface area contributed by atoms with Crippen LogP contribution in [-0.2, 0) is 11.2 Å². The monoisotopic (exact) mass is 244 g/mol. The molecule has 0 N–H and O–H groups in total. The van der Waals surface area contributed by atoms with Crippen LogP contribution in [0.5, 0.6) is 0 Å². The number of Topliss-reactive ketones (excluding diaryl/α,β-unsaturated/α-hetero) is 1. The van der Waals surface area contributed by atoms with Crippen LogP contribution < -0.4 is 0 Å². The zero-order valence-electron chi connectivity index (χ0n) is 10.6. The summed E-state index contributed by atoms with van der Waals surface area (Å²) >= 11 is 0. The highest BCUT2D eigenvalue weighted by molar-refractivity contribution is 5.97. The minimum atomic E-state index is 0.0879. The molecule has 0 fully saturated rings. The quantitative estimate of drug-likeness (QED) is 0.723. The van der Waals surface area contributed by atoms with Crippen molar-refractivity contribution in [2.75, 3.05) is 13.2 Å². The zero-order valence-corrected chi connectivity index (χ0v) is 10.6. The Morgan fingerprint density at radius 1 is 1.50 bits per heavy atom. The average molecular weight is 244 g/mol. The van der Waals surface area contributed by atoms with Crippen LogP contribution in [0.15, 0.2) is 18.2 Å². The summed E-state index contributed by atoms with van der Waals surface area (Å²) in [5.41, 5.74) is 2.74. The lowest BCUT2D eigenvalue weighted by Crippen LogP contribution is -2.10. The molecule has 2 aromatic rings. The average Bonchev–Trinajstić information content (AvgIpc) is 2.61. The lowest BCUT2D eigenvalue weighted by atomic mass is 10.1. The molecule has 0 bridgehead atoms. The molecule has 0 saturated carbocycles. The number of carbonyl (C=O) groups excluding carboxylic acids is 1. The smallest absolute Gasteiger partial charge is 0.159 e. The molecule has 0 radical (unpaired) electrons. The SMILES string of the molecule is CC(=O)c1ccc2nc3n(c2c1)C(C)COCC3. The second-order valence-corrected chi connectivity index (χ2v) is 4.83. The second-order valence-electron chi connectivity index (χ2n) is 4.83. The van der Waals surface area contributed by atoms with E-state index in [0.717, 1.165) is 28.8 Å². The molecule has 1 aromatic heterocycles. The summed E-state index contributed by atoms with van der Waals surface area (Å²) in [4.78, 5) is 16.1. The topological polar surface area (TPSA) is 44.1 Å². The molecular weight excluding hydrogens is 228 g/mol. The third-order valence-electron chi connectivity index (χ3n) is 3.44. The van der Waals surface area contributed by atoms with Gasteiger partial charge in [-0.1, -0.05) is 0 Å². The zero-order chi connectivity index (χ0) is 12.7. The number of imidazole rings is 1. The van der Waals surface area contributed by atoms with Gasteiger partial charge in [-0.05, 0) is 32.0 Å². The first kappa shape index (κ1) is 11.4. The van der Waals surface area contributed by atoms with Crippen LogP contribution in [0.3, 0.4) is 0 Å². The van der Waals surface area contributed by atoms with Gasteiger partial charge in [-0.3, -0.25) is 4.79 Å². The number of hydrogen-bond acceptors (Lipinski definition) is 3. The van der Waals surface area contributed by atoms with Crippen molar-refractivity contribution < 1.29 is 9.53 Å². The molecule has 3 rings (SSSR count). The minimum Gasteiger partial charge on any atom is -0.379 e. The number of fused-ring (bicyclic) bond motifs is 3. The van der Waals surface area contributed by atoms with Gasteiger partial charge in [0.1, 0.15) is 5.82 Å². The van der Waals surface area contributed by atoms with E-state index in [1.54, 1.807) is 6.92 Å². The first-order chi connectivity index (χ1) is 8.66. The fraction of sp³-hybridized carbons (Fsp3) is 0.429. The number of ketones is 1. The van der Waals surface area contributed by atoms with Gasteiger partial charge >= 0.3 is 0 Å². The van der Waals surface area contributed by atoms with E-state index in [0.29, 0.717) is 13.2 Å². The third-order valence-corrected chi connectivity index (χ3v) is 3.44. The molecule has 2 heterocycles. The van der Waals surface area contributed by atoms with E-state index < -0.39 is 0 Å². The number of benzene rings is 1. The van der Waals surface area contributed by atoms with Crippen molar-refractivity contribution in [1.29, 1.82) is 0 Å². The van der Waals surface area contributed by atoms with Gasteiger partial charge < -0.3 is 9.30 Å². The Hall–Kier alpha value is -1.68. The fourth-order valence-electron chi connectivity index (χ4n) is 2.52. The van der Waals surface area contributed by atoms with Crippen molar-refractivity contribution in [3.63, 3.8) is 0 Å². The van der Waals surface area contributed by atoms with Gasteiger partial charge in [0.25, 0.3) is 0 Å². The maximum atomic E-state index is 11.5. The van der Waals surface area contributed by atoms with Gasteiger partial charge in [0, 0.05) is 12.0 Å². The van der Waals surface area contributed by atoms with Gasteiger partial charge in [0.05, 0.1) is 30.3 Å². The summed E-state index contributed by atoms with van der Waals surface area (Å²) < 4.78 is 7.75. The van der Waals surface area contributed by atoms with E-state index in [1.165, 1.54) is 0 Å². The first-order valence-corrected chi connectivity index (χ1v) is 6.26. The number of ether oxygens (including phenoxy) is 1. The van der Waals surface area contributed by atoms with Crippen LogP contribution in [0, 0.1) is 0 Å². The number of hydrogen-bond donors (Lipinski definition) is 0. The standard InChI is InChI=1S/C14H16N2O2/c1-9-8-18-6-5-14-15-12-4-3-11(10(2)17)7-13(12)16(9)14/h3-4,7,9H,5-6,8H2,1-2H3. The Morgan fingerprint density at radius 2 is 2.33 bits per heavy atom. The molecule has 1 aromatic carbocycles. The van der Waals surface area contributed by atoms with Crippen LogP contribution >= 0.6 is 0 Å². The Labute approximate surface area is 106 Å². The third kappa shape index (κ3) is 1.73. The molecule has 4 heteroatoms. The summed E-state index contributed by atoms with van der Waals surface area (Å²) in [5, 5.41) is 0. The van der Waals surface area contributed by atoms with Crippen LogP contribution in [0.25, 0.3) is 11.0 Å². The molecule has 94 valence electrons. The van der Waals surface area contributed by atoms with Crippen LogP contribution in [-0.4, -0.2) is 28.5 Å². The van der Waals surface area contributed by atoms with Gasteiger partial charge in [-0.25, -0.2) is 4.98 Å². The number of nitrogens with zero attached hydrogens (tertiary/aromatic N) is 2. The molecule has 1 aliphatic rings. The van der Waals surface area contributed by atoms with Crippen LogP contribution in [0.1, 0.15) is 36.1 Å². The lowest BCUT2D eigenvalue weighted by molar-refractivity contribution is 0.101. The van der Waals surface area contributed by atoms with E-state index in [9.17, 15) is 4.79 Å². The molecule has 0 aliphatic carbocycles. The highest BCUT2D eigenvalue weighted by Gasteiger charge is 2.19. The van der Waals surface area contributed by atoms with Gasteiger partial charge in [0.2, 0.25) is 0 Å². The van der Waals surface area contributed by atoms with Crippen molar-refractivity contribution in [1.82, 2.24) is 9.55 Å². The largest absolute Gasteiger partial charge is 0.379 e. The Morgan fingerprint density at radius 3 is 3.11 bits per heavy atom. The minimum absolute atomic E-state index is 0.0879. The summed E-state index contributed by atoms with van der Waals surface area (Å²) in [6, 6.07) is 5.98. The van der Waals surface area contributed by atoms with Crippen LogP contribution in [0.2, 0.25) is 0 Å². The maximum Gasteiger partial charge on any atom is 0.159 e. The molecule has 0 spiro atoms. The Kier molecular flexibility index (Phi) is 2.67. The predicted octanol–water partition coefficient (Wildman–Crippen LogP) is 2.37. The van der Waals surface area contributed by atoms with Gasteiger partial charge in [0.15, 0.2) is 5.78 Å². The summed E-state index contributed by atoms with van der Waals surface area (Å²) in [7, 11) is 0. The maximum absolute atomic E-state index is 11.5. The number of carbonyl (C=O) groups is 1. The van der Waals surface area contributed by atoms with Crippen LogP contribution in [0.4, 0.5) is 0 Å². The van der Waals surface area contributed by atoms with Gasteiger partial charge in [-0.15, -0.1) is 0 Å². The molecule has 4 nitrogen and oxygen atoms in total. The molecule has 18 heavy (non-hydrogen) atoms. The van der Waals surface area contributed by atoms with E-state index >= 15 is 0 Å². The highest BCUT2D eigenvalue weighted by atomic mass is 16.5. The summed E-state index contributed by atoms with van der Waals surface area (Å²) in [5.74, 6) is 1.14. The summed E-state index contributed by atoms with van der Waals surface area (Å²) in [6.45, 7) is 5.12. The predicted molar refractivity (Wildman–Crippen MR) is 69.0 cm³/mol. The Bertz CT molecular complexity index is 616. The molecule has 1 aliphatic heterocycles. The van der Waals surface area contributed by atoms with E-state index in [2.05, 4.69) is 16.5 Å². The van der Waals surface area contributed by atoms with Gasteiger partial charge in [-0.2, -0.15) is 0 Å². The number of rotatable bonds is 1. The molecule has 0 amide bonds. The van der Waals surface area contributed by atoms with E-state index in [-0.39, 0.29) is 11.8 Å². The lowest BCUT2D eigenvalue weighted by Gasteiger charge is -2.13. The summed E-state index contributed by atoms with van der Waals surface area (Å²) in [6.07, 6.45) is 0.828. The second kappa shape index (κ2) is 4.21. The molecular formula is C14H16N2O2. The van der Waals surface area contributed by atoms with Crippen molar-refractivity contribution in [2.45, 2.75) is 26.3 Å². The molecule has 1 unspecified atom stereocenters. The van der Waals surface area contributed by atoms with Crippen molar-refractivity contribution in [3.8, 4) is 0 Å². The fourth-order valence-corrected chi connectivity index (χ4v) is 2.52.